The molecule has 0 amide bonds. The third-order valence-corrected chi connectivity index (χ3v) is 6.58. The summed E-state index contributed by atoms with van der Waals surface area (Å²) in [6.45, 7) is 5.03. The van der Waals surface area contributed by atoms with Crippen LogP contribution in [-0.4, -0.2) is 49.2 Å². The predicted octanol–water partition coefficient (Wildman–Crippen LogP) is 3.04. The minimum absolute atomic E-state index is 0.114. The van der Waals surface area contributed by atoms with Crippen molar-refractivity contribution in [2.45, 2.75) is 26.2 Å². The summed E-state index contributed by atoms with van der Waals surface area (Å²) in [6, 6.07) is 12.3. The van der Waals surface area contributed by atoms with E-state index in [4.69, 9.17) is 0 Å². The standard InChI is InChI=1S/C19H26N4O2S/c1-14-5-7-17(8-6-14)21-18-11-15(2)20-19(12-18)16-9-10-23(13-16)26(24,25)22(3)4/h5-8,11-12,16H,9-10,13H2,1-4H3,(H,20,21). The Labute approximate surface area is 156 Å². The molecular formula is C19H26N4O2S. The van der Waals surface area contributed by atoms with Gasteiger partial charge < -0.3 is 5.32 Å². The average molecular weight is 375 g/mol. The average Bonchev–Trinajstić information content (AvgIpc) is 3.07. The summed E-state index contributed by atoms with van der Waals surface area (Å²) in [5.74, 6) is 0.114. The maximum atomic E-state index is 12.3. The molecule has 3 rings (SSSR count). The molecule has 1 atom stereocenters. The molecule has 0 spiro atoms. The molecule has 2 aromatic rings. The number of pyridine rings is 1. The number of aryl methyl sites for hydroxylation is 2. The van der Waals surface area contributed by atoms with E-state index >= 15 is 0 Å². The third kappa shape index (κ3) is 4.06. The molecule has 1 N–H and O–H groups in total. The van der Waals surface area contributed by atoms with Crippen LogP contribution in [-0.2, 0) is 10.2 Å². The molecular weight excluding hydrogens is 348 g/mol. The zero-order chi connectivity index (χ0) is 18.9. The first-order chi connectivity index (χ1) is 12.3. The normalized spacial score (nSPS) is 18.4. The second-order valence-corrected chi connectivity index (χ2v) is 9.19. The predicted molar refractivity (Wildman–Crippen MR) is 105 cm³/mol. The first kappa shape index (κ1) is 18.8. The highest BCUT2D eigenvalue weighted by Crippen LogP contribution is 2.30. The highest BCUT2D eigenvalue weighted by molar-refractivity contribution is 7.86. The molecule has 1 unspecified atom stereocenters. The highest BCUT2D eigenvalue weighted by atomic mass is 32.2. The van der Waals surface area contributed by atoms with Crippen molar-refractivity contribution in [2.24, 2.45) is 0 Å². The summed E-state index contributed by atoms with van der Waals surface area (Å²) in [6.07, 6.45) is 0.785. The third-order valence-electron chi connectivity index (χ3n) is 4.67. The molecule has 1 saturated heterocycles. The zero-order valence-corrected chi connectivity index (χ0v) is 16.5. The van der Waals surface area contributed by atoms with Crippen molar-refractivity contribution in [2.75, 3.05) is 32.5 Å². The Balaban J connectivity index is 1.79. The topological polar surface area (TPSA) is 65.5 Å². The lowest BCUT2D eigenvalue weighted by molar-refractivity contribution is 0.418. The van der Waals surface area contributed by atoms with Crippen LogP contribution < -0.4 is 5.32 Å². The number of rotatable bonds is 5. The van der Waals surface area contributed by atoms with Crippen LogP contribution in [0.3, 0.4) is 0 Å². The Morgan fingerprint density at radius 2 is 1.81 bits per heavy atom. The monoisotopic (exact) mass is 374 g/mol. The van der Waals surface area contributed by atoms with Gasteiger partial charge in [0.1, 0.15) is 0 Å². The first-order valence-corrected chi connectivity index (χ1v) is 10.2. The molecule has 1 aromatic heterocycles. The molecule has 1 fully saturated rings. The Morgan fingerprint density at radius 1 is 1.12 bits per heavy atom. The van der Waals surface area contributed by atoms with E-state index in [0.29, 0.717) is 13.1 Å². The van der Waals surface area contributed by atoms with Crippen molar-refractivity contribution in [1.82, 2.24) is 13.6 Å². The van der Waals surface area contributed by atoms with E-state index in [1.165, 1.54) is 14.2 Å². The lowest BCUT2D eigenvalue weighted by Crippen LogP contribution is -2.38. The Kier molecular flexibility index (Phi) is 5.32. The van der Waals surface area contributed by atoms with E-state index in [0.717, 1.165) is 29.2 Å². The van der Waals surface area contributed by atoms with Gasteiger partial charge in [-0.25, -0.2) is 0 Å². The molecule has 26 heavy (non-hydrogen) atoms. The minimum atomic E-state index is -3.37. The molecule has 0 radical (unpaired) electrons. The fourth-order valence-corrected chi connectivity index (χ4v) is 4.36. The highest BCUT2D eigenvalue weighted by Gasteiger charge is 2.34. The van der Waals surface area contributed by atoms with Gasteiger partial charge in [0.25, 0.3) is 10.2 Å². The van der Waals surface area contributed by atoms with Gasteiger partial charge in [0.05, 0.1) is 0 Å². The number of aromatic nitrogens is 1. The molecule has 6 nitrogen and oxygen atoms in total. The van der Waals surface area contributed by atoms with E-state index in [-0.39, 0.29) is 5.92 Å². The molecule has 140 valence electrons. The lowest BCUT2D eigenvalue weighted by atomic mass is 10.0. The summed E-state index contributed by atoms with van der Waals surface area (Å²) in [4.78, 5) is 4.66. The lowest BCUT2D eigenvalue weighted by Gasteiger charge is -2.21. The quantitative estimate of drug-likeness (QED) is 0.874. The fourth-order valence-electron chi connectivity index (χ4n) is 3.19. The minimum Gasteiger partial charge on any atom is -0.355 e. The van der Waals surface area contributed by atoms with Gasteiger partial charge in [0.2, 0.25) is 0 Å². The largest absolute Gasteiger partial charge is 0.355 e. The second kappa shape index (κ2) is 7.34. The number of hydrogen-bond donors (Lipinski definition) is 1. The van der Waals surface area contributed by atoms with Crippen LogP contribution in [0.4, 0.5) is 11.4 Å². The van der Waals surface area contributed by atoms with Crippen LogP contribution in [0.2, 0.25) is 0 Å². The van der Waals surface area contributed by atoms with Crippen molar-refractivity contribution in [3.63, 3.8) is 0 Å². The van der Waals surface area contributed by atoms with Crippen LogP contribution in [0.1, 0.15) is 29.3 Å². The van der Waals surface area contributed by atoms with E-state index in [1.54, 1.807) is 14.1 Å². The van der Waals surface area contributed by atoms with E-state index in [9.17, 15) is 8.42 Å². The SMILES string of the molecule is Cc1ccc(Nc2cc(C)nc(C3CCN(S(=O)(=O)N(C)C)C3)c2)cc1. The van der Waals surface area contributed by atoms with E-state index < -0.39 is 10.2 Å². The van der Waals surface area contributed by atoms with Crippen LogP contribution in [0.25, 0.3) is 0 Å². The summed E-state index contributed by atoms with van der Waals surface area (Å²) >= 11 is 0. The molecule has 1 aliphatic rings. The Hall–Kier alpha value is -1.96. The molecule has 0 aliphatic carbocycles. The van der Waals surface area contributed by atoms with Gasteiger partial charge >= 0.3 is 0 Å². The van der Waals surface area contributed by atoms with E-state index in [2.05, 4.69) is 29.4 Å². The van der Waals surface area contributed by atoms with Crippen molar-refractivity contribution in [3.8, 4) is 0 Å². The second-order valence-electron chi connectivity index (χ2n) is 7.05. The van der Waals surface area contributed by atoms with Crippen LogP contribution >= 0.6 is 0 Å². The van der Waals surface area contributed by atoms with Crippen molar-refractivity contribution < 1.29 is 8.42 Å². The Bertz CT molecular complexity index is 879. The number of anilines is 2. The van der Waals surface area contributed by atoms with Gasteiger partial charge in [0.15, 0.2) is 0 Å². The number of nitrogens with zero attached hydrogens (tertiary/aromatic N) is 3. The van der Waals surface area contributed by atoms with Gasteiger partial charge in [-0.05, 0) is 44.5 Å². The maximum Gasteiger partial charge on any atom is 0.281 e. The van der Waals surface area contributed by atoms with Gasteiger partial charge in [-0.15, -0.1) is 0 Å². The summed E-state index contributed by atoms with van der Waals surface area (Å²) < 4.78 is 27.5. The number of hydrogen-bond acceptors (Lipinski definition) is 4. The van der Waals surface area contributed by atoms with Crippen LogP contribution in [0, 0.1) is 13.8 Å². The van der Waals surface area contributed by atoms with Crippen molar-refractivity contribution >= 4 is 21.6 Å². The molecule has 0 bridgehead atoms. The van der Waals surface area contributed by atoms with Gasteiger partial charge in [-0.1, -0.05) is 17.7 Å². The summed E-state index contributed by atoms with van der Waals surface area (Å²) in [5, 5.41) is 3.42. The first-order valence-electron chi connectivity index (χ1n) is 8.75. The Morgan fingerprint density at radius 3 is 2.46 bits per heavy atom. The molecule has 0 saturated carbocycles. The van der Waals surface area contributed by atoms with Crippen molar-refractivity contribution in [1.29, 1.82) is 0 Å². The number of benzene rings is 1. The fraction of sp³-hybridized carbons (Fsp3) is 0.421. The summed E-state index contributed by atoms with van der Waals surface area (Å²) in [5.41, 5.74) is 5.08. The molecule has 2 heterocycles. The molecule has 1 aliphatic heterocycles. The molecule has 7 heteroatoms. The molecule has 1 aromatic carbocycles. The van der Waals surface area contributed by atoms with Crippen LogP contribution in [0.5, 0.6) is 0 Å². The number of nitrogens with one attached hydrogen (secondary N) is 1. The smallest absolute Gasteiger partial charge is 0.281 e. The van der Waals surface area contributed by atoms with Gasteiger partial charge in [-0.2, -0.15) is 17.0 Å². The zero-order valence-electron chi connectivity index (χ0n) is 15.7. The van der Waals surface area contributed by atoms with Gasteiger partial charge in [0, 0.05) is 55.9 Å². The maximum absolute atomic E-state index is 12.3. The van der Waals surface area contributed by atoms with Gasteiger partial charge in [-0.3, -0.25) is 4.98 Å². The van der Waals surface area contributed by atoms with E-state index in [1.807, 2.05) is 31.2 Å². The van der Waals surface area contributed by atoms with Crippen molar-refractivity contribution in [3.05, 3.63) is 53.3 Å². The summed E-state index contributed by atoms with van der Waals surface area (Å²) in [7, 11) is -0.234. The van der Waals surface area contributed by atoms with Crippen LogP contribution in [0.15, 0.2) is 36.4 Å².